The number of ether oxygens (including phenoxy) is 1. The Balaban J connectivity index is 2.23. The fraction of sp³-hybridized carbons (Fsp3) is 0.333. The highest BCUT2D eigenvalue weighted by Crippen LogP contribution is 2.29. The lowest BCUT2D eigenvalue weighted by Crippen LogP contribution is -2.22. The zero-order valence-corrected chi connectivity index (χ0v) is 13.0. The molecule has 0 radical (unpaired) electrons. The molecule has 1 heterocycles. The van der Waals surface area contributed by atoms with Gasteiger partial charge < -0.3 is 10.1 Å². The van der Waals surface area contributed by atoms with Crippen LogP contribution in [-0.4, -0.2) is 13.7 Å². The summed E-state index contributed by atoms with van der Waals surface area (Å²) in [6.07, 6.45) is 0.819. The van der Waals surface area contributed by atoms with Crippen molar-refractivity contribution in [1.29, 1.82) is 0 Å². The van der Waals surface area contributed by atoms with Crippen LogP contribution in [0, 0.1) is 5.82 Å². The maximum absolute atomic E-state index is 13.5. The van der Waals surface area contributed by atoms with E-state index in [1.165, 1.54) is 18.1 Å². The zero-order valence-electron chi connectivity index (χ0n) is 11.5. The zero-order chi connectivity index (χ0) is 14.5. The maximum Gasteiger partial charge on any atom is 0.165 e. The van der Waals surface area contributed by atoms with Crippen molar-refractivity contribution in [3.8, 4) is 5.75 Å². The molecule has 5 heteroatoms. The van der Waals surface area contributed by atoms with E-state index in [1.54, 1.807) is 23.5 Å². The van der Waals surface area contributed by atoms with E-state index in [-0.39, 0.29) is 17.6 Å². The van der Waals surface area contributed by atoms with Crippen LogP contribution in [0.1, 0.15) is 23.4 Å². The molecule has 1 aromatic heterocycles. The van der Waals surface area contributed by atoms with Crippen LogP contribution >= 0.6 is 22.9 Å². The Labute approximate surface area is 127 Å². The minimum Gasteiger partial charge on any atom is -0.494 e. The first kappa shape index (κ1) is 15.3. The molecule has 0 amide bonds. The molecule has 1 atom stereocenters. The summed E-state index contributed by atoms with van der Waals surface area (Å²) in [6.45, 7) is 2.89. The minimum absolute atomic E-state index is 0.115. The Morgan fingerprint density at radius 2 is 2.15 bits per heavy atom. The standard InChI is InChI=1S/C15H17ClFNOS/c1-3-18-13(9-11-5-7-15(16)20-11)10-4-6-12(17)14(8-10)19-2/h4-8,13,18H,3,9H2,1-2H3. The van der Waals surface area contributed by atoms with Gasteiger partial charge in [0.2, 0.25) is 0 Å². The average molecular weight is 314 g/mol. The van der Waals surface area contributed by atoms with Gasteiger partial charge in [-0.3, -0.25) is 0 Å². The predicted octanol–water partition coefficient (Wildman–Crippen LogP) is 4.44. The molecule has 1 unspecified atom stereocenters. The molecular weight excluding hydrogens is 297 g/mol. The molecule has 1 aromatic carbocycles. The number of nitrogens with one attached hydrogen (secondary N) is 1. The summed E-state index contributed by atoms with van der Waals surface area (Å²) in [6, 6.07) is 9.02. The number of thiophene rings is 1. The van der Waals surface area contributed by atoms with Crippen LogP contribution in [0.15, 0.2) is 30.3 Å². The van der Waals surface area contributed by atoms with Gasteiger partial charge in [0.05, 0.1) is 11.4 Å². The normalized spacial score (nSPS) is 12.4. The molecule has 1 N–H and O–H groups in total. The van der Waals surface area contributed by atoms with E-state index in [2.05, 4.69) is 12.2 Å². The number of methoxy groups -OCH3 is 1. The molecule has 0 aliphatic rings. The number of hydrogen-bond acceptors (Lipinski definition) is 3. The van der Waals surface area contributed by atoms with E-state index in [0.717, 1.165) is 22.9 Å². The first-order valence-corrected chi connectivity index (χ1v) is 7.64. The predicted molar refractivity (Wildman–Crippen MR) is 82.4 cm³/mol. The van der Waals surface area contributed by atoms with Crippen molar-refractivity contribution in [1.82, 2.24) is 5.32 Å². The summed E-state index contributed by atoms with van der Waals surface area (Å²) < 4.78 is 19.3. The van der Waals surface area contributed by atoms with Crippen LogP contribution in [0.2, 0.25) is 4.34 Å². The van der Waals surface area contributed by atoms with E-state index < -0.39 is 0 Å². The molecule has 0 saturated heterocycles. The third-order valence-electron chi connectivity index (χ3n) is 3.06. The number of halogens is 2. The van der Waals surface area contributed by atoms with Crippen molar-refractivity contribution in [3.05, 3.63) is 50.9 Å². The van der Waals surface area contributed by atoms with Gasteiger partial charge in [-0.1, -0.05) is 24.6 Å². The van der Waals surface area contributed by atoms with Gasteiger partial charge in [0.25, 0.3) is 0 Å². The summed E-state index contributed by atoms with van der Waals surface area (Å²) in [5.74, 6) is -0.0692. The SMILES string of the molecule is CCNC(Cc1ccc(Cl)s1)c1ccc(F)c(OC)c1. The summed E-state index contributed by atoms with van der Waals surface area (Å²) in [5.41, 5.74) is 1.01. The lowest BCUT2D eigenvalue weighted by atomic mass is 10.0. The third kappa shape index (κ3) is 3.72. The summed E-state index contributed by atoms with van der Waals surface area (Å²) >= 11 is 7.53. The highest BCUT2D eigenvalue weighted by molar-refractivity contribution is 7.16. The molecule has 0 spiro atoms. The van der Waals surface area contributed by atoms with E-state index in [4.69, 9.17) is 16.3 Å². The van der Waals surface area contributed by atoms with Crippen LogP contribution in [0.4, 0.5) is 4.39 Å². The number of benzene rings is 1. The van der Waals surface area contributed by atoms with Crippen molar-refractivity contribution in [2.24, 2.45) is 0 Å². The van der Waals surface area contributed by atoms with Crippen molar-refractivity contribution >= 4 is 22.9 Å². The Morgan fingerprint density at radius 1 is 1.35 bits per heavy atom. The van der Waals surface area contributed by atoms with Crippen molar-refractivity contribution in [3.63, 3.8) is 0 Å². The molecule has 0 aliphatic heterocycles. The van der Waals surface area contributed by atoms with Crippen LogP contribution in [-0.2, 0) is 6.42 Å². The largest absolute Gasteiger partial charge is 0.494 e. The Bertz CT molecular complexity index is 573. The highest BCUT2D eigenvalue weighted by atomic mass is 35.5. The van der Waals surface area contributed by atoms with Crippen molar-refractivity contribution < 1.29 is 9.13 Å². The quantitative estimate of drug-likeness (QED) is 0.851. The minimum atomic E-state index is -0.342. The van der Waals surface area contributed by atoms with Crippen LogP contribution in [0.5, 0.6) is 5.75 Å². The number of hydrogen-bond donors (Lipinski definition) is 1. The summed E-state index contributed by atoms with van der Waals surface area (Å²) in [5, 5.41) is 3.41. The molecule has 0 saturated carbocycles. The molecule has 0 fully saturated rings. The van der Waals surface area contributed by atoms with Gasteiger partial charge in [0.15, 0.2) is 11.6 Å². The second-order valence-electron chi connectivity index (χ2n) is 4.41. The average Bonchev–Trinajstić information content (AvgIpc) is 2.84. The second-order valence-corrected chi connectivity index (χ2v) is 6.21. The first-order chi connectivity index (χ1) is 9.63. The van der Waals surface area contributed by atoms with Crippen LogP contribution in [0.3, 0.4) is 0 Å². The van der Waals surface area contributed by atoms with E-state index in [0.29, 0.717) is 0 Å². The van der Waals surface area contributed by atoms with Gasteiger partial charge in [0, 0.05) is 17.3 Å². The molecule has 0 aliphatic carbocycles. The van der Waals surface area contributed by atoms with Gasteiger partial charge in [-0.2, -0.15) is 0 Å². The Hall–Kier alpha value is -1.10. The fourth-order valence-corrected chi connectivity index (χ4v) is 3.24. The first-order valence-electron chi connectivity index (χ1n) is 6.45. The maximum atomic E-state index is 13.5. The lowest BCUT2D eigenvalue weighted by Gasteiger charge is -2.18. The number of rotatable bonds is 6. The van der Waals surface area contributed by atoms with E-state index in [1.807, 2.05) is 12.1 Å². The van der Waals surface area contributed by atoms with Gasteiger partial charge >= 0.3 is 0 Å². The molecule has 2 nitrogen and oxygen atoms in total. The summed E-state index contributed by atoms with van der Waals surface area (Å²) in [4.78, 5) is 1.20. The molecule has 2 rings (SSSR count). The monoisotopic (exact) mass is 313 g/mol. The van der Waals surface area contributed by atoms with E-state index in [9.17, 15) is 4.39 Å². The second kappa shape index (κ2) is 7.07. The Morgan fingerprint density at radius 3 is 2.75 bits per heavy atom. The van der Waals surface area contributed by atoms with Crippen molar-refractivity contribution in [2.75, 3.05) is 13.7 Å². The van der Waals surface area contributed by atoms with E-state index >= 15 is 0 Å². The number of likely N-dealkylation sites (N-methyl/N-ethyl adjacent to an activating group) is 1. The molecule has 0 bridgehead atoms. The summed E-state index contributed by atoms with van der Waals surface area (Å²) in [7, 11) is 1.48. The van der Waals surface area contributed by atoms with Gasteiger partial charge in [-0.05, 0) is 36.4 Å². The van der Waals surface area contributed by atoms with Crippen LogP contribution in [0.25, 0.3) is 0 Å². The highest BCUT2D eigenvalue weighted by Gasteiger charge is 2.15. The van der Waals surface area contributed by atoms with Gasteiger partial charge in [0.1, 0.15) is 0 Å². The van der Waals surface area contributed by atoms with Gasteiger partial charge in [-0.25, -0.2) is 4.39 Å². The van der Waals surface area contributed by atoms with Crippen molar-refractivity contribution in [2.45, 2.75) is 19.4 Å². The molecule has 20 heavy (non-hydrogen) atoms. The van der Waals surface area contributed by atoms with Crippen LogP contribution < -0.4 is 10.1 Å². The Kier molecular flexibility index (Phi) is 5.40. The molecular formula is C15H17ClFNOS. The smallest absolute Gasteiger partial charge is 0.165 e. The van der Waals surface area contributed by atoms with Gasteiger partial charge in [-0.15, -0.1) is 11.3 Å². The molecule has 2 aromatic rings. The fourth-order valence-electron chi connectivity index (χ4n) is 2.11. The topological polar surface area (TPSA) is 21.3 Å². The third-order valence-corrected chi connectivity index (χ3v) is 4.32. The lowest BCUT2D eigenvalue weighted by molar-refractivity contribution is 0.384. The molecule has 108 valence electrons.